The second kappa shape index (κ2) is 11.3. The highest BCUT2D eigenvalue weighted by Gasteiger charge is 2.34. The summed E-state index contributed by atoms with van der Waals surface area (Å²) in [5.41, 5.74) is 2.95. The largest absolute Gasteiger partial charge is 0.515 e. The zero-order chi connectivity index (χ0) is 23.8. The normalized spacial score (nSPS) is 11.9. The average molecular weight is 535 g/mol. The zero-order valence-corrected chi connectivity index (χ0v) is 21.1. The number of nitrogens with zero attached hydrogens (tertiary/aromatic N) is 2. The van der Waals surface area contributed by atoms with Gasteiger partial charge in [0, 0.05) is 29.0 Å². The van der Waals surface area contributed by atoms with Crippen LogP contribution in [0.4, 0.5) is 0 Å². The molecule has 0 aliphatic heterocycles. The Balaban J connectivity index is 1.66. The second-order valence-corrected chi connectivity index (χ2v) is 10.4. The van der Waals surface area contributed by atoms with Gasteiger partial charge in [0.1, 0.15) is 11.5 Å². The minimum Gasteiger partial charge on any atom is -0.404 e. The van der Waals surface area contributed by atoms with Crippen molar-refractivity contribution in [1.29, 1.82) is 0 Å². The molecule has 1 aromatic heterocycles. The summed E-state index contributed by atoms with van der Waals surface area (Å²) < 4.78 is 28.5. The predicted octanol–water partition coefficient (Wildman–Crippen LogP) is 7.47. The Bertz CT molecular complexity index is 1220. The van der Waals surface area contributed by atoms with Crippen LogP contribution in [0.3, 0.4) is 0 Å². The van der Waals surface area contributed by atoms with Crippen LogP contribution in [0, 0.1) is 0 Å². The Labute approximate surface area is 208 Å². The maximum atomic E-state index is 14.0. The number of benzene rings is 3. The summed E-state index contributed by atoms with van der Waals surface area (Å²) in [6, 6.07) is 30.0. The van der Waals surface area contributed by atoms with Gasteiger partial charge in [-0.25, -0.2) is 4.57 Å². The van der Waals surface area contributed by atoms with Gasteiger partial charge in [0.05, 0.1) is 0 Å². The first-order valence-corrected chi connectivity index (χ1v) is 13.0. The summed E-state index contributed by atoms with van der Waals surface area (Å²) in [4.78, 5) is 4.27. The minimum atomic E-state index is -3.74. The molecule has 4 aromatic rings. The van der Waals surface area contributed by atoms with Crippen molar-refractivity contribution in [3.63, 3.8) is 0 Å². The molecule has 0 saturated carbocycles. The maximum absolute atomic E-state index is 14.0. The highest BCUT2D eigenvalue weighted by atomic mass is 79.9. The van der Waals surface area contributed by atoms with Gasteiger partial charge in [0.15, 0.2) is 0 Å². The molecule has 172 valence electrons. The molecule has 0 atom stereocenters. The first-order chi connectivity index (χ1) is 16.5. The van der Waals surface area contributed by atoms with Gasteiger partial charge >= 0.3 is 7.75 Å². The van der Waals surface area contributed by atoms with E-state index in [1.54, 1.807) is 42.2 Å². The van der Waals surface area contributed by atoms with E-state index < -0.39 is 7.75 Å². The molecule has 5 nitrogen and oxygen atoms in total. The summed E-state index contributed by atoms with van der Waals surface area (Å²) >= 11 is 3.49. The van der Waals surface area contributed by atoms with Crippen LogP contribution < -0.4 is 9.05 Å². The third-order valence-electron chi connectivity index (χ3n) is 5.03. The minimum absolute atomic E-state index is 0.317. The molecule has 3 aromatic carbocycles. The van der Waals surface area contributed by atoms with Crippen LogP contribution in [-0.4, -0.2) is 23.2 Å². The summed E-state index contributed by atoms with van der Waals surface area (Å²) in [5.74, 6) is 0.941. The quantitative estimate of drug-likeness (QED) is 0.208. The van der Waals surface area contributed by atoms with Gasteiger partial charge in [-0.3, -0.25) is 4.98 Å². The smallest absolute Gasteiger partial charge is 0.404 e. The van der Waals surface area contributed by atoms with Crippen molar-refractivity contribution < 1.29 is 13.6 Å². The van der Waals surface area contributed by atoms with E-state index in [-0.39, 0.29) is 0 Å². The van der Waals surface area contributed by atoms with Gasteiger partial charge in [-0.15, -0.1) is 0 Å². The van der Waals surface area contributed by atoms with Crippen molar-refractivity contribution >= 4 is 29.2 Å². The first-order valence-electron chi connectivity index (χ1n) is 10.7. The third kappa shape index (κ3) is 6.23. The number of hydrogen-bond acceptors (Lipinski definition) is 4. The predicted molar refractivity (Wildman–Crippen MR) is 140 cm³/mol. The number of para-hydroxylation sites is 2. The van der Waals surface area contributed by atoms with Crippen LogP contribution in [0.15, 0.2) is 120 Å². The monoisotopic (exact) mass is 534 g/mol. The van der Waals surface area contributed by atoms with Crippen molar-refractivity contribution in [2.45, 2.75) is 0 Å². The number of pyridine rings is 1. The lowest BCUT2D eigenvalue weighted by Crippen LogP contribution is -2.22. The van der Waals surface area contributed by atoms with Gasteiger partial charge in [-0.1, -0.05) is 76.6 Å². The van der Waals surface area contributed by atoms with Gasteiger partial charge in [0.25, 0.3) is 0 Å². The van der Waals surface area contributed by atoms with Gasteiger partial charge in [0.2, 0.25) is 0 Å². The first kappa shape index (κ1) is 24.0. The van der Waals surface area contributed by atoms with Crippen molar-refractivity contribution in [3.05, 3.63) is 131 Å². The van der Waals surface area contributed by atoms with Crippen LogP contribution in [0.25, 0.3) is 5.57 Å². The molecule has 0 saturated heterocycles. The highest BCUT2D eigenvalue weighted by molar-refractivity contribution is 9.10. The van der Waals surface area contributed by atoms with Crippen LogP contribution in [0.5, 0.6) is 11.5 Å². The lowest BCUT2D eigenvalue weighted by molar-refractivity contribution is 0.316. The van der Waals surface area contributed by atoms with E-state index in [1.165, 1.54) is 0 Å². The van der Waals surface area contributed by atoms with Crippen LogP contribution in [-0.2, 0) is 4.57 Å². The molecular formula is C27H24BrN2O3P. The van der Waals surface area contributed by atoms with Crippen molar-refractivity contribution in [3.8, 4) is 11.5 Å². The molecule has 1 heterocycles. The molecule has 0 bridgehead atoms. The fraction of sp³-hybridized carbons (Fsp3) is 0.0741. The van der Waals surface area contributed by atoms with Crippen molar-refractivity contribution in [2.24, 2.45) is 0 Å². The highest BCUT2D eigenvalue weighted by Crippen LogP contribution is 2.51. The lowest BCUT2D eigenvalue weighted by Gasteiger charge is -2.26. The Morgan fingerprint density at radius 2 is 1.44 bits per heavy atom. The van der Waals surface area contributed by atoms with E-state index in [9.17, 15) is 4.57 Å². The summed E-state index contributed by atoms with van der Waals surface area (Å²) in [6.45, 7) is 0.317. The number of hydrogen-bond donors (Lipinski definition) is 0. The van der Waals surface area contributed by atoms with E-state index in [0.29, 0.717) is 18.0 Å². The van der Waals surface area contributed by atoms with Crippen LogP contribution >= 0.6 is 23.7 Å². The molecule has 0 aliphatic carbocycles. The van der Waals surface area contributed by atoms with E-state index in [0.717, 1.165) is 21.2 Å². The Morgan fingerprint density at radius 3 is 1.97 bits per heavy atom. The van der Waals surface area contributed by atoms with Crippen LogP contribution in [0.1, 0.15) is 11.1 Å². The summed E-state index contributed by atoms with van der Waals surface area (Å²) in [5, 5.41) is 0. The van der Waals surface area contributed by atoms with Gasteiger partial charge < -0.3 is 9.05 Å². The van der Waals surface area contributed by atoms with Gasteiger partial charge in [-0.05, 0) is 60.6 Å². The Morgan fingerprint density at radius 1 is 0.853 bits per heavy atom. The zero-order valence-electron chi connectivity index (χ0n) is 18.6. The Hall–Kier alpha value is -3.18. The number of rotatable bonds is 9. The summed E-state index contributed by atoms with van der Waals surface area (Å²) in [6.07, 6.45) is 5.56. The molecule has 0 N–H and O–H groups in total. The lowest BCUT2D eigenvalue weighted by atomic mass is 9.99. The SMILES string of the molecule is CN(CC=C(c1ccc(Br)cc1)c1cccnc1)P(=O)(Oc1ccccc1)Oc1ccccc1. The molecule has 4 rings (SSSR count). The topological polar surface area (TPSA) is 51.7 Å². The summed E-state index contributed by atoms with van der Waals surface area (Å²) in [7, 11) is -2.01. The van der Waals surface area contributed by atoms with E-state index in [1.807, 2.05) is 85.1 Å². The molecule has 7 heteroatoms. The second-order valence-electron chi connectivity index (χ2n) is 7.48. The van der Waals surface area contributed by atoms with Crippen molar-refractivity contribution in [2.75, 3.05) is 13.6 Å². The van der Waals surface area contributed by atoms with E-state index >= 15 is 0 Å². The number of halogens is 1. The third-order valence-corrected chi connectivity index (χ3v) is 7.44. The molecule has 0 aliphatic rings. The Kier molecular flexibility index (Phi) is 7.96. The molecule has 0 spiro atoms. The van der Waals surface area contributed by atoms with Crippen LogP contribution in [0.2, 0.25) is 0 Å². The molecule has 0 unspecified atom stereocenters. The number of aromatic nitrogens is 1. The molecule has 0 fully saturated rings. The van der Waals surface area contributed by atoms with E-state index in [4.69, 9.17) is 9.05 Å². The van der Waals surface area contributed by atoms with Crippen molar-refractivity contribution in [1.82, 2.24) is 9.65 Å². The number of likely N-dealkylation sites (N-methyl/N-ethyl adjacent to an activating group) is 1. The fourth-order valence-corrected chi connectivity index (χ4v) is 4.90. The average Bonchev–Trinajstić information content (AvgIpc) is 2.87. The standard InChI is InChI=1S/C27H24BrN2O3P/c1-30(20-18-27(23-9-8-19-29-21-23)22-14-16-24(28)17-15-22)34(31,32-25-10-4-2-5-11-25)33-26-12-6-3-7-13-26/h2-19,21H,20H2,1H3. The maximum Gasteiger partial charge on any atom is 0.515 e. The van der Waals surface area contributed by atoms with E-state index in [2.05, 4.69) is 20.9 Å². The molecule has 0 amide bonds. The fourth-order valence-electron chi connectivity index (χ4n) is 3.26. The van der Waals surface area contributed by atoms with Gasteiger partial charge in [-0.2, -0.15) is 4.67 Å². The molecule has 0 radical (unpaired) electrons. The molecule has 34 heavy (non-hydrogen) atoms. The molecular weight excluding hydrogens is 511 g/mol.